The second-order valence-corrected chi connectivity index (χ2v) is 5.73. The van der Waals surface area contributed by atoms with Gasteiger partial charge in [0, 0.05) is 18.3 Å². The monoisotopic (exact) mass is 273 g/mol. The Morgan fingerprint density at radius 1 is 1.53 bits per heavy atom. The van der Waals surface area contributed by atoms with Crippen molar-refractivity contribution in [2.24, 2.45) is 0 Å². The van der Waals surface area contributed by atoms with Crippen molar-refractivity contribution >= 4 is 27.2 Å². The fourth-order valence-corrected chi connectivity index (χ4v) is 2.90. The van der Waals surface area contributed by atoms with E-state index in [1.54, 1.807) is 5.51 Å². The third kappa shape index (κ3) is 2.81. The summed E-state index contributed by atoms with van der Waals surface area (Å²) in [5.41, 5.74) is 8.01. The molecule has 17 heavy (non-hydrogen) atoms. The molecule has 0 bridgehead atoms. The molecule has 2 rings (SSSR count). The van der Waals surface area contributed by atoms with Crippen molar-refractivity contribution in [2.75, 3.05) is 12.3 Å². The van der Waals surface area contributed by atoms with E-state index in [9.17, 15) is 8.42 Å². The van der Waals surface area contributed by atoms with Gasteiger partial charge in [0.1, 0.15) is 10.7 Å². The number of nitrogens with two attached hydrogens (primary N) is 1. The number of nitrogens with one attached hydrogen (secondary N) is 2. The van der Waals surface area contributed by atoms with Crippen molar-refractivity contribution in [3.63, 3.8) is 0 Å². The number of nitrogen functional groups attached to an aromatic ring is 1. The molecule has 0 saturated heterocycles. The average Bonchev–Trinajstić information content (AvgIpc) is 2.88. The summed E-state index contributed by atoms with van der Waals surface area (Å²) in [6, 6.07) is 0. The Kier molecular flexibility index (Phi) is 3.41. The molecule has 0 spiro atoms. The van der Waals surface area contributed by atoms with Crippen LogP contribution in [0.3, 0.4) is 0 Å². The van der Waals surface area contributed by atoms with Gasteiger partial charge in [0.2, 0.25) is 10.0 Å². The molecule has 0 unspecified atom stereocenters. The van der Waals surface area contributed by atoms with Crippen molar-refractivity contribution in [2.45, 2.75) is 11.3 Å². The maximum atomic E-state index is 11.8. The van der Waals surface area contributed by atoms with Gasteiger partial charge in [-0.15, -0.1) is 11.3 Å². The highest BCUT2D eigenvalue weighted by molar-refractivity contribution is 7.89. The van der Waals surface area contributed by atoms with E-state index in [2.05, 4.69) is 19.9 Å². The van der Waals surface area contributed by atoms with E-state index in [0.29, 0.717) is 6.42 Å². The Morgan fingerprint density at radius 3 is 2.94 bits per heavy atom. The molecule has 0 aliphatic carbocycles. The number of aromatic amines is 1. The summed E-state index contributed by atoms with van der Waals surface area (Å²) < 4.78 is 26.0. The summed E-state index contributed by atoms with van der Waals surface area (Å²) in [5, 5.41) is 7.82. The van der Waals surface area contributed by atoms with Crippen LogP contribution in [0.15, 0.2) is 22.0 Å². The molecule has 4 N–H and O–H groups in total. The van der Waals surface area contributed by atoms with Gasteiger partial charge in [-0.2, -0.15) is 5.10 Å². The quantitative estimate of drug-likeness (QED) is 0.708. The molecule has 0 amide bonds. The van der Waals surface area contributed by atoms with Crippen LogP contribution in [0.4, 0.5) is 5.82 Å². The lowest BCUT2D eigenvalue weighted by Crippen LogP contribution is -2.26. The molecular formula is C8H11N5O2S2. The third-order valence-corrected chi connectivity index (χ3v) is 4.20. The van der Waals surface area contributed by atoms with Crippen LogP contribution in [0.5, 0.6) is 0 Å². The molecule has 2 aromatic rings. The van der Waals surface area contributed by atoms with E-state index in [0.717, 1.165) is 5.69 Å². The number of aromatic nitrogens is 3. The van der Waals surface area contributed by atoms with Crippen LogP contribution in [-0.4, -0.2) is 30.1 Å². The van der Waals surface area contributed by atoms with E-state index >= 15 is 0 Å². The van der Waals surface area contributed by atoms with Crippen LogP contribution in [0, 0.1) is 0 Å². The standard InChI is InChI=1S/C8H11N5O2S2/c9-8-7(3-11-13-8)17(14,15)12-2-1-6-4-16-5-10-6/h3-5,12H,1-2H2,(H3,9,11,13). The molecule has 92 valence electrons. The maximum absolute atomic E-state index is 11.8. The number of hydrogen-bond donors (Lipinski definition) is 3. The number of sulfonamides is 1. The van der Waals surface area contributed by atoms with Gasteiger partial charge < -0.3 is 5.73 Å². The minimum absolute atomic E-state index is 0.0317. The van der Waals surface area contributed by atoms with Crippen LogP contribution < -0.4 is 10.5 Å². The molecule has 7 nitrogen and oxygen atoms in total. The van der Waals surface area contributed by atoms with Crippen molar-refractivity contribution in [1.29, 1.82) is 0 Å². The molecule has 0 saturated carbocycles. The first kappa shape index (κ1) is 12.0. The van der Waals surface area contributed by atoms with Crippen LogP contribution >= 0.6 is 11.3 Å². The summed E-state index contributed by atoms with van der Waals surface area (Å²) in [7, 11) is -3.59. The van der Waals surface area contributed by atoms with Crippen molar-refractivity contribution in [3.8, 4) is 0 Å². The summed E-state index contributed by atoms with van der Waals surface area (Å²) in [6.07, 6.45) is 1.72. The molecule has 0 aliphatic heterocycles. The lowest BCUT2D eigenvalue weighted by atomic mass is 10.3. The number of H-pyrrole nitrogens is 1. The summed E-state index contributed by atoms with van der Waals surface area (Å²) in [6.45, 7) is 0.274. The fraction of sp³-hybridized carbons (Fsp3) is 0.250. The Hall–Kier alpha value is -1.45. The summed E-state index contributed by atoms with van der Waals surface area (Å²) in [5.74, 6) is 0.0335. The normalized spacial score (nSPS) is 11.8. The fourth-order valence-electron chi connectivity index (χ4n) is 1.25. The van der Waals surface area contributed by atoms with E-state index in [1.165, 1.54) is 17.5 Å². The number of rotatable bonds is 5. The van der Waals surface area contributed by atoms with Crippen LogP contribution in [0.2, 0.25) is 0 Å². The zero-order valence-corrected chi connectivity index (χ0v) is 10.4. The van der Waals surface area contributed by atoms with E-state index in [4.69, 9.17) is 5.73 Å². The largest absolute Gasteiger partial charge is 0.383 e. The summed E-state index contributed by atoms with van der Waals surface area (Å²) >= 11 is 1.47. The van der Waals surface area contributed by atoms with E-state index < -0.39 is 10.0 Å². The molecule has 0 fully saturated rings. The first-order chi connectivity index (χ1) is 8.09. The molecule has 0 radical (unpaired) electrons. The van der Waals surface area contributed by atoms with E-state index in [1.807, 2.05) is 5.38 Å². The van der Waals surface area contributed by atoms with Crippen LogP contribution in [-0.2, 0) is 16.4 Å². The summed E-state index contributed by atoms with van der Waals surface area (Å²) in [4.78, 5) is 4.02. The predicted molar refractivity (Wildman–Crippen MR) is 64.0 cm³/mol. The number of thiazole rings is 1. The Balaban J connectivity index is 1.97. The number of anilines is 1. The minimum atomic E-state index is -3.59. The maximum Gasteiger partial charge on any atom is 0.245 e. The molecule has 2 heterocycles. The second kappa shape index (κ2) is 4.82. The van der Waals surface area contributed by atoms with Gasteiger partial charge in [-0.1, -0.05) is 0 Å². The van der Waals surface area contributed by atoms with Crippen molar-refractivity contribution < 1.29 is 8.42 Å². The molecule has 0 atom stereocenters. The van der Waals surface area contributed by atoms with Gasteiger partial charge in [0.05, 0.1) is 17.4 Å². The number of hydrogen-bond acceptors (Lipinski definition) is 6. The van der Waals surface area contributed by atoms with Gasteiger partial charge in [-0.3, -0.25) is 5.10 Å². The van der Waals surface area contributed by atoms with Gasteiger partial charge in [0.25, 0.3) is 0 Å². The highest BCUT2D eigenvalue weighted by Gasteiger charge is 2.18. The number of nitrogens with zero attached hydrogens (tertiary/aromatic N) is 2. The zero-order valence-electron chi connectivity index (χ0n) is 8.75. The molecule has 0 aromatic carbocycles. The Bertz CT molecular complexity index is 575. The van der Waals surface area contributed by atoms with Crippen LogP contribution in [0.1, 0.15) is 5.69 Å². The third-order valence-electron chi connectivity index (χ3n) is 2.08. The second-order valence-electron chi connectivity index (χ2n) is 3.28. The van der Waals surface area contributed by atoms with E-state index in [-0.39, 0.29) is 17.3 Å². The van der Waals surface area contributed by atoms with Crippen molar-refractivity contribution in [1.82, 2.24) is 19.9 Å². The zero-order chi connectivity index (χ0) is 12.3. The Morgan fingerprint density at radius 2 is 2.35 bits per heavy atom. The predicted octanol–water partition coefficient (Wildman–Crippen LogP) is -0.0306. The highest BCUT2D eigenvalue weighted by Crippen LogP contribution is 2.13. The highest BCUT2D eigenvalue weighted by atomic mass is 32.2. The van der Waals surface area contributed by atoms with Gasteiger partial charge >= 0.3 is 0 Å². The minimum Gasteiger partial charge on any atom is -0.383 e. The molecule has 0 aliphatic rings. The Labute approximate surface area is 102 Å². The molecule has 2 aromatic heterocycles. The molecule has 9 heteroatoms. The lowest BCUT2D eigenvalue weighted by molar-refractivity contribution is 0.582. The van der Waals surface area contributed by atoms with Gasteiger partial charge in [0.15, 0.2) is 0 Å². The van der Waals surface area contributed by atoms with Crippen molar-refractivity contribution in [3.05, 3.63) is 22.8 Å². The topological polar surface area (TPSA) is 114 Å². The lowest BCUT2D eigenvalue weighted by Gasteiger charge is -2.03. The average molecular weight is 273 g/mol. The smallest absolute Gasteiger partial charge is 0.245 e. The first-order valence-corrected chi connectivity index (χ1v) is 7.18. The van der Waals surface area contributed by atoms with Gasteiger partial charge in [-0.05, 0) is 0 Å². The molecular weight excluding hydrogens is 262 g/mol. The van der Waals surface area contributed by atoms with Crippen LogP contribution in [0.25, 0.3) is 0 Å². The van der Waals surface area contributed by atoms with Gasteiger partial charge in [-0.25, -0.2) is 18.1 Å². The SMILES string of the molecule is Nc1[nH]ncc1S(=O)(=O)NCCc1cscn1. The first-order valence-electron chi connectivity index (χ1n) is 4.75.